The van der Waals surface area contributed by atoms with Crippen LogP contribution in [0.1, 0.15) is 38.3 Å². The molecule has 0 amide bonds. The monoisotopic (exact) mass is 262 g/mol. The van der Waals surface area contributed by atoms with E-state index in [9.17, 15) is 5.11 Å². The van der Waals surface area contributed by atoms with Gasteiger partial charge in [-0.2, -0.15) is 0 Å². The van der Waals surface area contributed by atoms with Crippen LogP contribution in [0, 0.1) is 0 Å². The van der Waals surface area contributed by atoms with E-state index in [1.807, 2.05) is 18.2 Å². The molecule has 0 bridgehead atoms. The molecule has 1 aromatic rings. The number of hydrogen-bond donors (Lipinski definition) is 1. The molecule has 0 aliphatic carbocycles. The van der Waals surface area contributed by atoms with Crippen molar-refractivity contribution in [1.82, 2.24) is 9.80 Å². The molecular weight excluding hydrogens is 236 g/mol. The number of likely N-dealkylation sites (N-methyl/N-ethyl adjacent to an activating group) is 2. The van der Waals surface area contributed by atoms with Gasteiger partial charge in [0.25, 0.3) is 0 Å². The molecule has 1 aliphatic rings. The molecule has 2 atom stereocenters. The molecule has 3 nitrogen and oxygen atoms in total. The second kappa shape index (κ2) is 6.40. The Kier molecular flexibility index (Phi) is 4.83. The largest absolute Gasteiger partial charge is 0.508 e. The average molecular weight is 262 g/mol. The van der Waals surface area contributed by atoms with Crippen molar-refractivity contribution in [1.29, 1.82) is 0 Å². The Morgan fingerprint density at radius 2 is 2.16 bits per heavy atom. The van der Waals surface area contributed by atoms with Crippen LogP contribution < -0.4 is 0 Å². The number of aromatic hydroxyl groups is 1. The number of phenolic OH excluding ortho intramolecular Hbond substituents is 1. The first-order valence-electron chi connectivity index (χ1n) is 7.35. The molecule has 1 fully saturated rings. The lowest BCUT2D eigenvalue weighted by atomic mass is 10.1. The maximum Gasteiger partial charge on any atom is 0.120 e. The van der Waals surface area contributed by atoms with Crippen molar-refractivity contribution in [2.45, 2.75) is 38.8 Å². The van der Waals surface area contributed by atoms with E-state index in [1.165, 1.54) is 19.4 Å². The minimum atomic E-state index is 0.250. The molecule has 3 heteroatoms. The van der Waals surface area contributed by atoms with Gasteiger partial charge in [0.2, 0.25) is 0 Å². The fourth-order valence-corrected chi connectivity index (χ4v) is 3.09. The summed E-state index contributed by atoms with van der Waals surface area (Å²) in [6.45, 7) is 7.86. The van der Waals surface area contributed by atoms with E-state index in [4.69, 9.17) is 0 Å². The third kappa shape index (κ3) is 3.28. The van der Waals surface area contributed by atoms with E-state index in [0.29, 0.717) is 11.8 Å². The normalized spacial score (nSPS) is 22.0. The molecule has 1 heterocycles. The highest BCUT2D eigenvalue weighted by molar-refractivity contribution is 5.34. The van der Waals surface area contributed by atoms with Crippen LogP contribution in [0.2, 0.25) is 0 Å². The Hall–Kier alpha value is -1.06. The summed E-state index contributed by atoms with van der Waals surface area (Å²) in [7, 11) is 2.16. The van der Waals surface area contributed by atoms with Crippen LogP contribution in [0.15, 0.2) is 24.3 Å². The second-order valence-electron chi connectivity index (χ2n) is 5.60. The number of benzene rings is 1. The topological polar surface area (TPSA) is 26.7 Å². The molecule has 19 heavy (non-hydrogen) atoms. The maximum atomic E-state index is 9.95. The zero-order valence-electron chi connectivity index (χ0n) is 12.3. The lowest BCUT2D eigenvalue weighted by molar-refractivity contribution is 0.169. The van der Waals surface area contributed by atoms with Crippen LogP contribution in [0.4, 0.5) is 0 Å². The standard InChI is InChI=1S/C16H26N2O/c1-4-18-11-7-8-14(18)12-17(3)13(2)15-9-5-6-10-16(15)19/h5-6,9-10,13-14,19H,4,7-8,11-12H2,1-3H3. The van der Waals surface area contributed by atoms with Gasteiger partial charge in [-0.3, -0.25) is 9.80 Å². The number of hydrogen-bond acceptors (Lipinski definition) is 3. The van der Waals surface area contributed by atoms with E-state index in [2.05, 4.69) is 30.7 Å². The number of para-hydroxylation sites is 1. The molecule has 1 aromatic carbocycles. The van der Waals surface area contributed by atoms with Gasteiger partial charge in [0.05, 0.1) is 0 Å². The Morgan fingerprint density at radius 1 is 1.42 bits per heavy atom. The zero-order chi connectivity index (χ0) is 13.8. The van der Waals surface area contributed by atoms with Gasteiger partial charge in [0.15, 0.2) is 0 Å². The summed E-state index contributed by atoms with van der Waals surface area (Å²) < 4.78 is 0. The van der Waals surface area contributed by atoms with Gasteiger partial charge in [-0.15, -0.1) is 0 Å². The van der Waals surface area contributed by atoms with Crippen LogP contribution in [0.5, 0.6) is 5.75 Å². The first kappa shape index (κ1) is 14.4. The second-order valence-corrected chi connectivity index (χ2v) is 5.60. The number of phenols is 1. The minimum Gasteiger partial charge on any atom is -0.508 e. The highest BCUT2D eigenvalue weighted by atomic mass is 16.3. The summed E-state index contributed by atoms with van der Waals surface area (Å²) in [6.07, 6.45) is 2.61. The fourth-order valence-electron chi connectivity index (χ4n) is 3.09. The smallest absolute Gasteiger partial charge is 0.120 e. The van der Waals surface area contributed by atoms with Crippen LogP contribution >= 0.6 is 0 Å². The highest BCUT2D eigenvalue weighted by Crippen LogP contribution is 2.28. The average Bonchev–Trinajstić information content (AvgIpc) is 2.85. The van der Waals surface area contributed by atoms with Crippen LogP contribution in [-0.4, -0.2) is 47.6 Å². The lowest BCUT2D eigenvalue weighted by Gasteiger charge is -2.31. The highest BCUT2D eigenvalue weighted by Gasteiger charge is 2.26. The maximum absolute atomic E-state index is 9.95. The van der Waals surface area contributed by atoms with Gasteiger partial charge in [-0.25, -0.2) is 0 Å². The Morgan fingerprint density at radius 3 is 2.84 bits per heavy atom. The SMILES string of the molecule is CCN1CCCC1CN(C)C(C)c1ccccc1O. The summed E-state index contributed by atoms with van der Waals surface area (Å²) in [4.78, 5) is 4.92. The van der Waals surface area contributed by atoms with Crippen molar-refractivity contribution in [3.05, 3.63) is 29.8 Å². The van der Waals surface area contributed by atoms with E-state index >= 15 is 0 Å². The van der Waals surface area contributed by atoms with E-state index in [-0.39, 0.29) is 6.04 Å². The van der Waals surface area contributed by atoms with Gasteiger partial charge in [0, 0.05) is 24.2 Å². The van der Waals surface area contributed by atoms with Crippen LogP contribution in [0.25, 0.3) is 0 Å². The molecule has 0 saturated carbocycles. The van der Waals surface area contributed by atoms with Gasteiger partial charge in [0.1, 0.15) is 5.75 Å². The summed E-state index contributed by atoms with van der Waals surface area (Å²) in [6, 6.07) is 8.58. The molecule has 1 N–H and O–H groups in total. The molecule has 0 spiro atoms. The van der Waals surface area contributed by atoms with Crippen molar-refractivity contribution in [3.63, 3.8) is 0 Å². The van der Waals surface area contributed by atoms with E-state index in [1.54, 1.807) is 6.07 Å². The summed E-state index contributed by atoms with van der Waals surface area (Å²) >= 11 is 0. The molecule has 1 aliphatic heterocycles. The molecule has 106 valence electrons. The summed E-state index contributed by atoms with van der Waals surface area (Å²) in [5.74, 6) is 0.403. The van der Waals surface area contributed by atoms with E-state index in [0.717, 1.165) is 18.7 Å². The number of likely N-dealkylation sites (tertiary alicyclic amines) is 1. The molecule has 1 saturated heterocycles. The van der Waals surface area contributed by atoms with Gasteiger partial charge >= 0.3 is 0 Å². The van der Waals surface area contributed by atoms with Gasteiger partial charge in [-0.1, -0.05) is 25.1 Å². The predicted molar refractivity (Wildman–Crippen MR) is 79.4 cm³/mol. The molecule has 2 rings (SSSR count). The lowest BCUT2D eigenvalue weighted by Crippen LogP contribution is -2.39. The Bertz CT molecular complexity index is 407. The summed E-state index contributed by atoms with van der Waals surface area (Å²) in [5, 5.41) is 9.95. The van der Waals surface area contributed by atoms with Gasteiger partial charge < -0.3 is 5.11 Å². The first-order valence-corrected chi connectivity index (χ1v) is 7.35. The Labute approximate surface area is 116 Å². The Balaban J connectivity index is 1.99. The van der Waals surface area contributed by atoms with Gasteiger partial charge in [-0.05, 0) is 46.0 Å². The zero-order valence-corrected chi connectivity index (χ0v) is 12.3. The molecular formula is C16H26N2O. The van der Waals surface area contributed by atoms with Crippen LogP contribution in [-0.2, 0) is 0 Å². The quantitative estimate of drug-likeness (QED) is 0.884. The van der Waals surface area contributed by atoms with Crippen molar-refractivity contribution in [2.75, 3.05) is 26.7 Å². The first-order chi connectivity index (χ1) is 9.13. The van der Waals surface area contributed by atoms with Crippen molar-refractivity contribution < 1.29 is 5.11 Å². The van der Waals surface area contributed by atoms with Crippen LogP contribution in [0.3, 0.4) is 0 Å². The van der Waals surface area contributed by atoms with E-state index < -0.39 is 0 Å². The predicted octanol–water partition coefficient (Wildman–Crippen LogP) is 2.87. The third-order valence-electron chi connectivity index (χ3n) is 4.45. The number of rotatable bonds is 5. The van der Waals surface area contributed by atoms with Crippen molar-refractivity contribution in [3.8, 4) is 5.75 Å². The third-order valence-corrected chi connectivity index (χ3v) is 4.45. The molecule has 0 radical (unpaired) electrons. The number of nitrogens with zero attached hydrogens (tertiary/aromatic N) is 2. The molecule has 0 aromatic heterocycles. The van der Waals surface area contributed by atoms with Crippen molar-refractivity contribution >= 4 is 0 Å². The molecule has 2 unspecified atom stereocenters. The van der Waals surface area contributed by atoms with Crippen molar-refractivity contribution in [2.24, 2.45) is 0 Å². The fraction of sp³-hybridized carbons (Fsp3) is 0.625. The summed E-state index contributed by atoms with van der Waals surface area (Å²) in [5.41, 5.74) is 1.02. The minimum absolute atomic E-state index is 0.250.